The molecule has 4 aromatic rings. The first-order valence-corrected chi connectivity index (χ1v) is 10.1. The number of nitrogens with one attached hydrogen (secondary N) is 1. The summed E-state index contributed by atoms with van der Waals surface area (Å²) >= 11 is 0. The lowest BCUT2D eigenvalue weighted by Gasteiger charge is -2.14. The minimum absolute atomic E-state index is 0.0886. The molecule has 1 amide bonds. The molecular weight excluding hydrogens is 410 g/mol. The number of benzene rings is 3. The first kappa shape index (κ1) is 21.1. The average molecular weight is 431 g/mol. The molecule has 7 heteroatoms. The molecule has 0 bridgehead atoms. The highest BCUT2D eigenvalue weighted by Gasteiger charge is 2.20. The molecule has 162 valence electrons. The lowest BCUT2D eigenvalue weighted by atomic mass is 10.0. The zero-order valence-electron chi connectivity index (χ0n) is 17.6. The quantitative estimate of drug-likeness (QED) is 0.217. The van der Waals surface area contributed by atoms with E-state index in [-0.39, 0.29) is 12.4 Å². The molecule has 0 unspecified atom stereocenters. The summed E-state index contributed by atoms with van der Waals surface area (Å²) in [6, 6.07) is 18.6. The Morgan fingerprint density at radius 2 is 1.69 bits per heavy atom. The fourth-order valence-corrected chi connectivity index (χ4v) is 3.45. The molecule has 0 fully saturated rings. The Morgan fingerprint density at radius 1 is 1.00 bits per heavy atom. The first-order valence-electron chi connectivity index (χ1n) is 10.1. The van der Waals surface area contributed by atoms with Crippen molar-refractivity contribution in [3.63, 3.8) is 0 Å². The number of carbonyl (C=O) groups excluding carboxylic acids is 2. The Balaban J connectivity index is 1.46. The van der Waals surface area contributed by atoms with Gasteiger partial charge in [0.15, 0.2) is 0 Å². The molecule has 1 atom stereocenters. The maximum Gasteiger partial charge on any atom is 0.408 e. The van der Waals surface area contributed by atoms with Gasteiger partial charge in [0, 0.05) is 16.8 Å². The second-order valence-electron chi connectivity index (χ2n) is 7.40. The molecule has 4 rings (SSSR count). The van der Waals surface area contributed by atoms with E-state index in [2.05, 4.69) is 5.32 Å². The summed E-state index contributed by atoms with van der Waals surface area (Å²) in [5.41, 5.74) is 1.47. The lowest BCUT2D eigenvalue weighted by molar-refractivity contribution is -0.136. The van der Waals surface area contributed by atoms with Crippen LogP contribution < -0.4 is 15.7 Å². The smallest absolute Gasteiger partial charge is 0.408 e. The molecule has 0 saturated carbocycles. The maximum atomic E-state index is 12.5. The average Bonchev–Trinajstić information content (AvgIpc) is 2.78. The van der Waals surface area contributed by atoms with Gasteiger partial charge in [-0.3, -0.25) is 0 Å². The van der Waals surface area contributed by atoms with Crippen molar-refractivity contribution in [3.05, 3.63) is 88.3 Å². The molecule has 0 aliphatic heterocycles. The van der Waals surface area contributed by atoms with Crippen molar-refractivity contribution in [3.8, 4) is 5.75 Å². The van der Waals surface area contributed by atoms with Crippen molar-refractivity contribution >= 4 is 33.8 Å². The second kappa shape index (κ2) is 8.93. The van der Waals surface area contributed by atoms with Crippen LogP contribution in [-0.4, -0.2) is 18.1 Å². The van der Waals surface area contributed by atoms with Crippen LogP contribution in [-0.2, 0) is 16.1 Å². The number of fused-ring (bicyclic) bond motifs is 3. The van der Waals surface area contributed by atoms with Crippen LogP contribution in [0.1, 0.15) is 18.1 Å². The number of hydrogen-bond acceptors (Lipinski definition) is 6. The van der Waals surface area contributed by atoms with Gasteiger partial charge in [-0.1, -0.05) is 48.5 Å². The van der Waals surface area contributed by atoms with Gasteiger partial charge in [0.25, 0.3) is 0 Å². The zero-order chi connectivity index (χ0) is 22.7. The van der Waals surface area contributed by atoms with E-state index in [4.69, 9.17) is 13.9 Å². The van der Waals surface area contributed by atoms with Crippen molar-refractivity contribution in [1.29, 1.82) is 0 Å². The molecular formula is C25H21NO6. The maximum absolute atomic E-state index is 12.5. The summed E-state index contributed by atoms with van der Waals surface area (Å²) in [7, 11) is 0. The molecule has 0 spiro atoms. The highest BCUT2D eigenvalue weighted by Crippen LogP contribution is 2.30. The fraction of sp³-hybridized carbons (Fsp3) is 0.160. The van der Waals surface area contributed by atoms with Crippen molar-refractivity contribution in [1.82, 2.24) is 5.32 Å². The van der Waals surface area contributed by atoms with Crippen LogP contribution in [0.2, 0.25) is 0 Å². The summed E-state index contributed by atoms with van der Waals surface area (Å²) in [6.07, 6.45) is -0.731. The van der Waals surface area contributed by atoms with E-state index in [1.54, 1.807) is 18.2 Å². The van der Waals surface area contributed by atoms with E-state index in [0.29, 0.717) is 11.0 Å². The third-order valence-electron chi connectivity index (χ3n) is 5.01. The van der Waals surface area contributed by atoms with Gasteiger partial charge in [-0.05, 0) is 37.1 Å². The number of esters is 1. The molecule has 7 nitrogen and oxygen atoms in total. The molecule has 1 N–H and O–H groups in total. The minimum Gasteiger partial charge on any atom is -0.445 e. The predicted octanol–water partition coefficient (Wildman–Crippen LogP) is 4.47. The summed E-state index contributed by atoms with van der Waals surface area (Å²) < 4.78 is 16.0. The molecule has 1 heterocycles. The molecule has 0 aliphatic carbocycles. The SMILES string of the molecule is Cc1cc(OC(=O)[C@@H](C)NC(=O)OCc2ccccc2)cc2oc(=O)c3ccccc3c12. The molecule has 32 heavy (non-hydrogen) atoms. The van der Waals surface area contributed by atoms with Gasteiger partial charge in [0.2, 0.25) is 0 Å². The zero-order valence-corrected chi connectivity index (χ0v) is 17.6. The summed E-state index contributed by atoms with van der Waals surface area (Å²) in [5.74, 6) is -0.465. The Kier molecular flexibility index (Phi) is 5.89. The molecule has 0 radical (unpaired) electrons. The molecule has 0 saturated heterocycles. The standard InChI is InChI=1S/C25H21NO6/c1-15-12-18(13-21-22(15)19-10-6-7-11-20(19)24(28)32-21)31-23(27)16(2)26-25(29)30-14-17-8-4-3-5-9-17/h3-13,16H,14H2,1-2H3,(H,26,29)/t16-/m1/s1. The third-order valence-corrected chi connectivity index (χ3v) is 5.01. The first-order chi connectivity index (χ1) is 15.4. The monoisotopic (exact) mass is 431 g/mol. The molecule has 0 aliphatic rings. The van der Waals surface area contributed by atoms with E-state index in [1.165, 1.54) is 13.0 Å². The Labute approximate surface area is 183 Å². The number of alkyl carbamates (subject to hydrolysis) is 1. The lowest BCUT2D eigenvalue weighted by Crippen LogP contribution is -2.41. The number of ether oxygens (including phenoxy) is 2. The fourth-order valence-electron chi connectivity index (χ4n) is 3.45. The van der Waals surface area contributed by atoms with Crippen LogP contribution >= 0.6 is 0 Å². The van der Waals surface area contributed by atoms with Crippen LogP contribution in [0.3, 0.4) is 0 Å². The number of rotatable bonds is 5. The number of carbonyl (C=O) groups is 2. The van der Waals surface area contributed by atoms with Crippen LogP contribution in [0.5, 0.6) is 5.75 Å². The van der Waals surface area contributed by atoms with E-state index in [9.17, 15) is 14.4 Å². The normalized spacial score (nSPS) is 11.8. The summed E-state index contributed by atoms with van der Waals surface area (Å²) in [5, 5.41) is 4.47. The van der Waals surface area contributed by atoms with Crippen molar-refractivity contribution in [2.75, 3.05) is 0 Å². The predicted molar refractivity (Wildman–Crippen MR) is 120 cm³/mol. The Bertz CT molecular complexity index is 1360. The van der Waals surface area contributed by atoms with Gasteiger partial charge in [0.1, 0.15) is 24.0 Å². The van der Waals surface area contributed by atoms with Crippen molar-refractivity contribution < 1.29 is 23.5 Å². The van der Waals surface area contributed by atoms with E-state index in [1.807, 2.05) is 49.4 Å². The molecule has 1 aromatic heterocycles. The van der Waals surface area contributed by atoms with Gasteiger partial charge in [-0.15, -0.1) is 0 Å². The van der Waals surface area contributed by atoms with Crippen LogP contribution in [0.15, 0.2) is 75.9 Å². The molecule has 3 aromatic carbocycles. The topological polar surface area (TPSA) is 94.8 Å². The van der Waals surface area contributed by atoms with Gasteiger partial charge < -0.3 is 19.2 Å². The number of amides is 1. The highest BCUT2D eigenvalue weighted by atomic mass is 16.6. The van der Waals surface area contributed by atoms with E-state index >= 15 is 0 Å². The Hall–Kier alpha value is -4.13. The third kappa shape index (κ3) is 4.46. The van der Waals surface area contributed by atoms with Gasteiger partial charge in [-0.2, -0.15) is 0 Å². The van der Waals surface area contributed by atoms with Crippen LogP contribution in [0.25, 0.3) is 21.7 Å². The van der Waals surface area contributed by atoms with Crippen molar-refractivity contribution in [2.24, 2.45) is 0 Å². The Morgan fingerprint density at radius 3 is 2.44 bits per heavy atom. The van der Waals surface area contributed by atoms with E-state index < -0.39 is 23.7 Å². The highest BCUT2D eigenvalue weighted by molar-refractivity contribution is 6.06. The van der Waals surface area contributed by atoms with Crippen LogP contribution in [0.4, 0.5) is 4.79 Å². The van der Waals surface area contributed by atoms with Gasteiger partial charge in [-0.25, -0.2) is 14.4 Å². The van der Waals surface area contributed by atoms with E-state index in [0.717, 1.165) is 21.9 Å². The number of aryl methyl sites for hydroxylation is 1. The summed E-state index contributed by atoms with van der Waals surface area (Å²) in [6.45, 7) is 3.42. The number of hydrogen-bond donors (Lipinski definition) is 1. The summed E-state index contributed by atoms with van der Waals surface area (Å²) in [4.78, 5) is 36.7. The largest absolute Gasteiger partial charge is 0.445 e. The van der Waals surface area contributed by atoms with Crippen molar-refractivity contribution in [2.45, 2.75) is 26.5 Å². The van der Waals surface area contributed by atoms with Gasteiger partial charge in [0.05, 0.1) is 5.39 Å². The minimum atomic E-state index is -0.946. The van der Waals surface area contributed by atoms with Crippen LogP contribution in [0, 0.1) is 6.92 Å². The second-order valence-corrected chi connectivity index (χ2v) is 7.40. The van der Waals surface area contributed by atoms with Gasteiger partial charge >= 0.3 is 17.7 Å².